The van der Waals surface area contributed by atoms with Gasteiger partial charge in [0.25, 0.3) is 5.91 Å². The fourth-order valence-electron chi connectivity index (χ4n) is 2.72. The lowest BCUT2D eigenvalue weighted by molar-refractivity contribution is 0.0392. The van der Waals surface area contributed by atoms with E-state index in [0.29, 0.717) is 29.4 Å². The Morgan fingerprint density at radius 2 is 1.95 bits per heavy atom. The van der Waals surface area contributed by atoms with Crippen molar-refractivity contribution in [2.45, 2.75) is 25.4 Å². The van der Waals surface area contributed by atoms with Gasteiger partial charge in [0, 0.05) is 37.0 Å². The van der Waals surface area contributed by atoms with Gasteiger partial charge in [-0.3, -0.25) is 4.79 Å². The van der Waals surface area contributed by atoms with E-state index in [1.165, 1.54) is 0 Å². The van der Waals surface area contributed by atoms with Crippen LogP contribution < -0.4 is 0 Å². The molecular formula is C16H16ClFN2O2. The second-order valence-electron chi connectivity index (χ2n) is 5.60. The number of carbonyl (C=O) groups is 1. The zero-order valence-electron chi connectivity index (χ0n) is 12.2. The van der Waals surface area contributed by atoms with Crippen molar-refractivity contribution in [3.63, 3.8) is 0 Å². The quantitative estimate of drug-likeness (QED) is 0.846. The van der Waals surface area contributed by atoms with Crippen LogP contribution in [0.25, 0.3) is 0 Å². The summed E-state index contributed by atoms with van der Waals surface area (Å²) >= 11 is 5.84. The van der Waals surface area contributed by atoms with E-state index in [9.17, 15) is 4.79 Å². The van der Waals surface area contributed by atoms with E-state index in [-0.39, 0.29) is 24.5 Å². The van der Waals surface area contributed by atoms with Crippen molar-refractivity contribution in [3.05, 3.63) is 52.4 Å². The average molecular weight is 323 g/mol. The SMILES string of the molecule is Cc1cc(C(=O)N2CCC(F)(c3ccc(Cl)cc3)CC2)on1. The van der Waals surface area contributed by atoms with Crippen LogP contribution >= 0.6 is 11.6 Å². The Hall–Kier alpha value is -1.88. The molecule has 1 aliphatic heterocycles. The maximum Gasteiger partial charge on any atom is 0.292 e. The number of likely N-dealkylation sites (tertiary alicyclic amines) is 1. The normalized spacial score (nSPS) is 17.5. The fraction of sp³-hybridized carbons (Fsp3) is 0.375. The van der Waals surface area contributed by atoms with Crippen LogP contribution in [0.1, 0.15) is 34.7 Å². The van der Waals surface area contributed by atoms with Crippen LogP contribution in [0, 0.1) is 6.92 Å². The van der Waals surface area contributed by atoms with Crippen LogP contribution in [0.3, 0.4) is 0 Å². The highest BCUT2D eigenvalue weighted by Crippen LogP contribution is 2.37. The van der Waals surface area contributed by atoms with E-state index < -0.39 is 5.67 Å². The molecule has 2 aromatic rings. The van der Waals surface area contributed by atoms with Crippen LogP contribution in [-0.2, 0) is 5.67 Å². The summed E-state index contributed by atoms with van der Waals surface area (Å²) < 4.78 is 20.0. The van der Waals surface area contributed by atoms with Crippen molar-refractivity contribution >= 4 is 17.5 Å². The van der Waals surface area contributed by atoms with Gasteiger partial charge < -0.3 is 9.42 Å². The lowest BCUT2D eigenvalue weighted by Gasteiger charge is -2.36. The third-order valence-electron chi connectivity index (χ3n) is 4.04. The maximum atomic E-state index is 15.1. The smallest absolute Gasteiger partial charge is 0.292 e. The summed E-state index contributed by atoms with van der Waals surface area (Å²) in [6, 6.07) is 8.39. The number of piperidine rings is 1. The van der Waals surface area contributed by atoms with Gasteiger partial charge in [-0.15, -0.1) is 0 Å². The molecule has 3 rings (SSSR count). The van der Waals surface area contributed by atoms with Gasteiger partial charge in [-0.25, -0.2) is 4.39 Å². The number of hydrogen-bond acceptors (Lipinski definition) is 3. The number of carbonyl (C=O) groups excluding carboxylic acids is 1. The van der Waals surface area contributed by atoms with Crippen LogP contribution in [0.4, 0.5) is 4.39 Å². The lowest BCUT2D eigenvalue weighted by atomic mass is 9.86. The molecule has 0 spiro atoms. The highest BCUT2D eigenvalue weighted by Gasteiger charge is 2.38. The van der Waals surface area contributed by atoms with Crippen LogP contribution in [0.5, 0.6) is 0 Å². The van der Waals surface area contributed by atoms with E-state index in [1.807, 2.05) is 0 Å². The molecule has 1 fully saturated rings. The van der Waals surface area contributed by atoms with E-state index in [1.54, 1.807) is 42.2 Å². The van der Waals surface area contributed by atoms with Gasteiger partial charge in [0.05, 0.1) is 5.69 Å². The molecule has 1 amide bonds. The second kappa shape index (κ2) is 5.72. The molecule has 1 saturated heterocycles. The summed E-state index contributed by atoms with van der Waals surface area (Å²) in [6.07, 6.45) is 0.515. The molecule has 0 unspecified atom stereocenters. The minimum atomic E-state index is -1.42. The fourth-order valence-corrected chi connectivity index (χ4v) is 2.85. The molecule has 22 heavy (non-hydrogen) atoms. The van der Waals surface area contributed by atoms with Crippen molar-refractivity contribution in [1.29, 1.82) is 0 Å². The molecule has 0 N–H and O–H groups in total. The predicted octanol–water partition coefficient (Wildman–Crippen LogP) is 3.74. The molecule has 1 aromatic carbocycles. The van der Waals surface area contributed by atoms with Gasteiger partial charge in [-0.1, -0.05) is 28.9 Å². The average Bonchev–Trinajstić information content (AvgIpc) is 2.94. The monoisotopic (exact) mass is 322 g/mol. The summed E-state index contributed by atoms with van der Waals surface area (Å²) in [5, 5.41) is 4.29. The van der Waals surface area contributed by atoms with Crippen molar-refractivity contribution in [1.82, 2.24) is 10.1 Å². The molecule has 1 aromatic heterocycles. The molecule has 0 atom stereocenters. The molecule has 0 radical (unpaired) electrons. The van der Waals surface area contributed by atoms with E-state index in [0.717, 1.165) is 0 Å². The summed E-state index contributed by atoms with van der Waals surface area (Å²) in [5.74, 6) is -0.0332. The first-order valence-electron chi connectivity index (χ1n) is 7.15. The molecule has 6 heteroatoms. The minimum absolute atomic E-state index is 0.204. The first-order valence-corrected chi connectivity index (χ1v) is 7.53. The molecule has 0 saturated carbocycles. The summed E-state index contributed by atoms with van der Waals surface area (Å²) in [4.78, 5) is 13.9. The molecule has 2 heterocycles. The number of nitrogens with zero attached hydrogens (tertiary/aromatic N) is 2. The number of amides is 1. The lowest BCUT2D eigenvalue weighted by Crippen LogP contribution is -2.43. The zero-order valence-corrected chi connectivity index (χ0v) is 12.9. The van der Waals surface area contributed by atoms with E-state index >= 15 is 4.39 Å². The number of aromatic nitrogens is 1. The first-order chi connectivity index (χ1) is 10.5. The Kier molecular flexibility index (Phi) is 3.91. The van der Waals surface area contributed by atoms with Gasteiger partial charge in [-0.05, 0) is 24.6 Å². The Morgan fingerprint density at radius 1 is 1.32 bits per heavy atom. The summed E-state index contributed by atoms with van der Waals surface area (Å²) in [7, 11) is 0. The van der Waals surface area contributed by atoms with Crippen molar-refractivity contribution in [2.75, 3.05) is 13.1 Å². The third-order valence-corrected chi connectivity index (χ3v) is 4.30. The number of benzene rings is 1. The number of aryl methyl sites for hydroxylation is 1. The van der Waals surface area contributed by atoms with Crippen LogP contribution in [0.15, 0.2) is 34.9 Å². The largest absolute Gasteiger partial charge is 0.351 e. The molecule has 0 bridgehead atoms. The third kappa shape index (κ3) is 2.86. The standard InChI is InChI=1S/C16H16ClFN2O2/c1-11-10-14(22-19-11)15(21)20-8-6-16(18,7-9-20)12-2-4-13(17)5-3-12/h2-5,10H,6-9H2,1H3. The van der Waals surface area contributed by atoms with E-state index in [4.69, 9.17) is 16.1 Å². The van der Waals surface area contributed by atoms with Crippen molar-refractivity contribution < 1.29 is 13.7 Å². The molecule has 4 nitrogen and oxygen atoms in total. The Labute approximate surface area is 132 Å². The first kappa shape index (κ1) is 15.0. The number of hydrogen-bond donors (Lipinski definition) is 0. The van der Waals surface area contributed by atoms with Gasteiger partial charge in [0.15, 0.2) is 0 Å². The zero-order chi connectivity index (χ0) is 15.7. The van der Waals surface area contributed by atoms with Gasteiger partial charge >= 0.3 is 0 Å². The van der Waals surface area contributed by atoms with E-state index in [2.05, 4.69) is 5.16 Å². The highest BCUT2D eigenvalue weighted by atomic mass is 35.5. The number of alkyl halides is 1. The Bertz CT molecular complexity index is 676. The second-order valence-corrected chi connectivity index (χ2v) is 6.03. The van der Waals surface area contributed by atoms with Crippen molar-refractivity contribution in [2.24, 2.45) is 0 Å². The van der Waals surface area contributed by atoms with Crippen LogP contribution in [-0.4, -0.2) is 29.1 Å². The molecule has 116 valence electrons. The Balaban J connectivity index is 1.69. The molecule has 1 aliphatic rings. The number of rotatable bonds is 2. The minimum Gasteiger partial charge on any atom is -0.351 e. The maximum absolute atomic E-state index is 15.1. The highest BCUT2D eigenvalue weighted by molar-refractivity contribution is 6.30. The molecule has 0 aliphatic carbocycles. The van der Waals surface area contributed by atoms with Crippen LogP contribution in [0.2, 0.25) is 5.02 Å². The van der Waals surface area contributed by atoms with Gasteiger partial charge in [-0.2, -0.15) is 0 Å². The topological polar surface area (TPSA) is 46.3 Å². The molecular weight excluding hydrogens is 307 g/mol. The van der Waals surface area contributed by atoms with Crippen molar-refractivity contribution in [3.8, 4) is 0 Å². The number of halogens is 2. The summed E-state index contributed by atoms with van der Waals surface area (Å²) in [5.41, 5.74) is -0.153. The predicted molar refractivity (Wildman–Crippen MR) is 80.6 cm³/mol. The summed E-state index contributed by atoms with van der Waals surface area (Å²) in [6.45, 7) is 2.44. The van der Waals surface area contributed by atoms with Gasteiger partial charge in [0.1, 0.15) is 5.67 Å². The van der Waals surface area contributed by atoms with Gasteiger partial charge in [0.2, 0.25) is 5.76 Å². The Morgan fingerprint density at radius 3 is 2.50 bits per heavy atom.